The van der Waals surface area contributed by atoms with Crippen LogP contribution in [0.25, 0.3) is 0 Å². The van der Waals surface area contributed by atoms with Gasteiger partial charge >= 0.3 is 0 Å². The fourth-order valence-electron chi connectivity index (χ4n) is 6.96. The Bertz CT molecular complexity index is 1190. The molecule has 7 rings (SSSR count). The number of sulfonamides is 1. The lowest BCUT2D eigenvalue weighted by atomic mass is 9.78. The highest BCUT2D eigenvalue weighted by Crippen LogP contribution is 2.45. The van der Waals surface area contributed by atoms with Crippen molar-refractivity contribution in [3.05, 3.63) is 28.3 Å². The summed E-state index contributed by atoms with van der Waals surface area (Å²) < 4.78 is 28.3. The van der Waals surface area contributed by atoms with E-state index in [1.807, 2.05) is 0 Å². The molecule has 1 saturated carbocycles. The molecule has 0 unspecified atom stereocenters. The topological polar surface area (TPSA) is 94.2 Å². The Hall–Kier alpha value is -1.97. The Kier molecular flexibility index (Phi) is 4.87. The van der Waals surface area contributed by atoms with Gasteiger partial charge in [-0.1, -0.05) is 6.07 Å². The maximum absolute atomic E-state index is 13.4. The Morgan fingerprint density at radius 1 is 0.941 bits per heavy atom. The van der Waals surface area contributed by atoms with Gasteiger partial charge in [-0.2, -0.15) is 4.31 Å². The third-order valence-electron chi connectivity index (χ3n) is 9.08. The van der Waals surface area contributed by atoms with Crippen molar-refractivity contribution in [2.75, 3.05) is 31.5 Å². The molecule has 3 heterocycles. The number of hydrogen-bond donors (Lipinski definition) is 2. The average molecular weight is 483 g/mol. The van der Waals surface area contributed by atoms with Crippen molar-refractivity contribution in [3.8, 4) is 0 Å². The Morgan fingerprint density at radius 2 is 1.62 bits per heavy atom. The van der Waals surface area contributed by atoms with Crippen molar-refractivity contribution < 1.29 is 8.42 Å². The van der Waals surface area contributed by atoms with Gasteiger partial charge in [0.25, 0.3) is 15.2 Å². The highest BCUT2D eigenvalue weighted by molar-refractivity contribution is 7.88. The van der Waals surface area contributed by atoms with Crippen molar-refractivity contribution in [2.24, 2.45) is 5.41 Å². The molecule has 9 heteroatoms. The van der Waals surface area contributed by atoms with Gasteiger partial charge in [0.05, 0.1) is 0 Å². The quantitative estimate of drug-likeness (QED) is 0.680. The number of aryl methyl sites for hydroxylation is 2. The molecule has 1 aromatic carbocycles. The van der Waals surface area contributed by atoms with Gasteiger partial charge in [-0.3, -0.25) is 9.88 Å². The molecule has 2 saturated heterocycles. The van der Waals surface area contributed by atoms with Crippen molar-refractivity contribution in [3.63, 3.8) is 0 Å². The maximum atomic E-state index is 13.4. The van der Waals surface area contributed by atoms with Crippen LogP contribution in [0.1, 0.15) is 67.2 Å². The lowest BCUT2D eigenvalue weighted by Crippen LogP contribution is -2.44. The number of H-pyrrole nitrogens is 1. The van der Waals surface area contributed by atoms with E-state index < -0.39 is 10.0 Å². The number of nitrogens with zero attached hydrogens (tertiary/aromatic N) is 4. The SMILES string of the molecule is O=S(=O)(c1nnc(Nc2c3c(cc4c2CCC4)CCC3)[nH]1)N1CCC2(CCN(C3CC3)C2)CC1. The zero-order chi connectivity index (χ0) is 22.9. The zero-order valence-corrected chi connectivity index (χ0v) is 20.6. The fourth-order valence-corrected chi connectivity index (χ4v) is 8.23. The second-order valence-electron chi connectivity index (χ2n) is 11.2. The number of benzene rings is 1. The number of rotatable bonds is 5. The molecule has 3 fully saturated rings. The van der Waals surface area contributed by atoms with Gasteiger partial charge in [-0.15, -0.1) is 10.2 Å². The number of aromatic nitrogens is 3. The van der Waals surface area contributed by atoms with E-state index in [9.17, 15) is 8.42 Å². The van der Waals surface area contributed by atoms with Gasteiger partial charge in [-0.25, -0.2) is 8.42 Å². The van der Waals surface area contributed by atoms with Crippen LogP contribution in [0.15, 0.2) is 11.2 Å². The van der Waals surface area contributed by atoms with Crippen LogP contribution in [0.4, 0.5) is 11.6 Å². The van der Waals surface area contributed by atoms with Gasteiger partial charge in [-0.05, 0) is 105 Å². The van der Waals surface area contributed by atoms with Crippen LogP contribution in [0.3, 0.4) is 0 Å². The second-order valence-corrected chi connectivity index (χ2v) is 13.0. The number of piperidine rings is 1. The van der Waals surface area contributed by atoms with Gasteiger partial charge in [0, 0.05) is 31.4 Å². The minimum atomic E-state index is -3.67. The number of hydrogen-bond acceptors (Lipinski definition) is 6. The standard InChI is InChI=1S/C25H34N6O2S/c32-34(33,31-13-10-25(11-14-31)9-12-30(16-25)19-7-8-19)24-27-23(28-29-24)26-22-20-5-1-3-17(20)15-18-4-2-6-21(18)22/h15,19H,1-14,16H2,(H2,26,27,28,29). The lowest BCUT2D eigenvalue weighted by molar-refractivity contribution is 0.153. The first kappa shape index (κ1) is 21.3. The van der Waals surface area contributed by atoms with Crippen molar-refractivity contribution in [2.45, 2.75) is 81.8 Å². The van der Waals surface area contributed by atoms with E-state index in [-0.39, 0.29) is 5.16 Å². The Balaban J connectivity index is 1.07. The first-order chi connectivity index (χ1) is 16.5. The van der Waals surface area contributed by atoms with E-state index in [0.717, 1.165) is 56.8 Å². The third-order valence-corrected chi connectivity index (χ3v) is 10.8. The molecule has 1 aromatic heterocycles. The summed E-state index contributed by atoms with van der Waals surface area (Å²) in [5.74, 6) is 0.428. The molecule has 8 nitrogen and oxygen atoms in total. The van der Waals surface area contributed by atoms with Crippen LogP contribution in [-0.2, 0) is 35.7 Å². The predicted octanol–water partition coefficient (Wildman–Crippen LogP) is 3.16. The van der Waals surface area contributed by atoms with E-state index in [0.29, 0.717) is 24.5 Å². The fraction of sp³-hybridized carbons (Fsp3) is 0.680. The van der Waals surface area contributed by atoms with Crippen molar-refractivity contribution in [1.82, 2.24) is 24.4 Å². The monoisotopic (exact) mass is 482 g/mol. The molecule has 0 radical (unpaired) electrons. The van der Waals surface area contributed by atoms with Crippen LogP contribution >= 0.6 is 0 Å². The molecule has 34 heavy (non-hydrogen) atoms. The summed E-state index contributed by atoms with van der Waals surface area (Å²) >= 11 is 0. The number of likely N-dealkylation sites (tertiary alicyclic amines) is 1. The van der Waals surface area contributed by atoms with E-state index in [1.165, 1.54) is 60.9 Å². The van der Waals surface area contributed by atoms with Crippen LogP contribution in [-0.4, -0.2) is 65.0 Å². The van der Waals surface area contributed by atoms with Crippen LogP contribution < -0.4 is 5.32 Å². The molecule has 0 bridgehead atoms. The highest BCUT2D eigenvalue weighted by atomic mass is 32.2. The van der Waals surface area contributed by atoms with E-state index in [1.54, 1.807) is 4.31 Å². The summed E-state index contributed by atoms with van der Waals surface area (Å²) in [7, 11) is -3.67. The summed E-state index contributed by atoms with van der Waals surface area (Å²) in [6.45, 7) is 3.48. The highest BCUT2D eigenvalue weighted by Gasteiger charge is 2.46. The number of nitrogens with one attached hydrogen (secondary N) is 2. The van der Waals surface area contributed by atoms with E-state index in [2.05, 4.69) is 31.5 Å². The lowest BCUT2D eigenvalue weighted by Gasteiger charge is -2.38. The van der Waals surface area contributed by atoms with Crippen LogP contribution in [0, 0.1) is 5.41 Å². The van der Waals surface area contributed by atoms with Gasteiger partial charge in [0.15, 0.2) is 0 Å². The van der Waals surface area contributed by atoms with Crippen molar-refractivity contribution in [1.29, 1.82) is 0 Å². The molecule has 3 aliphatic carbocycles. The molecule has 2 aliphatic heterocycles. The molecule has 0 amide bonds. The second kappa shape index (κ2) is 7.77. The first-order valence-electron chi connectivity index (χ1n) is 13.1. The molecule has 2 aromatic rings. The molecule has 5 aliphatic rings. The van der Waals surface area contributed by atoms with E-state index >= 15 is 0 Å². The largest absolute Gasteiger partial charge is 0.324 e. The number of fused-ring (bicyclic) bond motifs is 2. The average Bonchev–Trinajstić information content (AvgIpc) is 3.25. The Labute approximate surface area is 201 Å². The third kappa shape index (κ3) is 3.50. The Morgan fingerprint density at radius 3 is 2.29 bits per heavy atom. The van der Waals surface area contributed by atoms with Gasteiger partial charge in [0.1, 0.15) is 0 Å². The molecule has 0 atom stereocenters. The summed E-state index contributed by atoms with van der Waals surface area (Å²) in [5, 5.41) is 11.7. The predicted molar refractivity (Wildman–Crippen MR) is 130 cm³/mol. The number of anilines is 2. The van der Waals surface area contributed by atoms with Gasteiger partial charge < -0.3 is 5.32 Å². The molecular weight excluding hydrogens is 448 g/mol. The summed E-state index contributed by atoms with van der Waals surface area (Å²) in [6.07, 6.45) is 12.5. The first-order valence-corrected chi connectivity index (χ1v) is 14.6. The minimum Gasteiger partial charge on any atom is -0.324 e. The molecule has 182 valence electrons. The maximum Gasteiger partial charge on any atom is 0.278 e. The molecule has 2 N–H and O–H groups in total. The van der Waals surface area contributed by atoms with Crippen LogP contribution in [0.2, 0.25) is 0 Å². The summed E-state index contributed by atoms with van der Waals surface area (Å²) in [4.78, 5) is 5.64. The summed E-state index contributed by atoms with van der Waals surface area (Å²) in [6, 6.07) is 3.19. The zero-order valence-electron chi connectivity index (χ0n) is 19.8. The van der Waals surface area contributed by atoms with Crippen LogP contribution in [0.5, 0.6) is 0 Å². The minimum absolute atomic E-state index is 0.0406. The molecule has 1 spiro atoms. The van der Waals surface area contributed by atoms with E-state index in [4.69, 9.17) is 0 Å². The number of aromatic amines is 1. The van der Waals surface area contributed by atoms with Gasteiger partial charge in [0.2, 0.25) is 5.95 Å². The molecular formula is C25H34N6O2S. The summed E-state index contributed by atoms with van der Waals surface area (Å²) in [5.41, 5.74) is 7.06. The normalized spacial score (nSPS) is 24.6. The van der Waals surface area contributed by atoms with Crippen molar-refractivity contribution >= 4 is 21.7 Å². The smallest absolute Gasteiger partial charge is 0.278 e.